The van der Waals surface area contributed by atoms with E-state index < -0.39 is 11.7 Å². The zero-order valence-corrected chi connectivity index (χ0v) is 10.8. The largest absolute Gasteiger partial charge is 0.416 e. The van der Waals surface area contributed by atoms with Gasteiger partial charge in [-0.15, -0.1) is 0 Å². The van der Waals surface area contributed by atoms with Crippen LogP contribution in [0.4, 0.5) is 13.2 Å². The summed E-state index contributed by atoms with van der Waals surface area (Å²) in [6, 6.07) is 5.62. The highest BCUT2D eigenvalue weighted by atomic mass is 19.4. The van der Waals surface area contributed by atoms with Crippen molar-refractivity contribution < 1.29 is 13.2 Å². The summed E-state index contributed by atoms with van der Waals surface area (Å²) in [6.07, 6.45) is -1.50. The van der Waals surface area contributed by atoms with Crippen LogP contribution in [0.1, 0.15) is 50.3 Å². The van der Waals surface area contributed by atoms with Gasteiger partial charge in [-0.05, 0) is 37.1 Å². The van der Waals surface area contributed by atoms with Crippen molar-refractivity contribution in [2.24, 2.45) is 0 Å². The molecule has 1 rings (SSSR count). The van der Waals surface area contributed by atoms with Gasteiger partial charge in [-0.2, -0.15) is 13.2 Å². The summed E-state index contributed by atoms with van der Waals surface area (Å²) in [5.41, 5.74) is 0.152. The molecule has 0 aliphatic carbocycles. The standard InChI is InChI=1S/C14H20F3N/c1-3-6-13(18-9-4-2)11-7-5-8-12(10-11)14(15,16)17/h5,7-8,10,13,18H,3-4,6,9H2,1-2H3. The average molecular weight is 259 g/mol. The summed E-state index contributed by atoms with van der Waals surface area (Å²) in [4.78, 5) is 0. The van der Waals surface area contributed by atoms with Gasteiger partial charge in [0.05, 0.1) is 5.56 Å². The van der Waals surface area contributed by atoms with Crippen molar-refractivity contribution in [1.82, 2.24) is 5.32 Å². The summed E-state index contributed by atoms with van der Waals surface area (Å²) in [7, 11) is 0. The predicted octanol–water partition coefficient (Wildman–Crippen LogP) is 4.55. The van der Waals surface area contributed by atoms with E-state index in [4.69, 9.17) is 0 Å². The van der Waals surface area contributed by atoms with Crippen LogP contribution in [0.25, 0.3) is 0 Å². The molecule has 0 saturated carbocycles. The Labute approximate surface area is 106 Å². The highest BCUT2D eigenvalue weighted by molar-refractivity contribution is 5.28. The molecule has 4 heteroatoms. The second-order valence-corrected chi connectivity index (χ2v) is 4.42. The minimum absolute atomic E-state index is 0.0113. The third-order valence-electron chi connectivity index (χ3n) is 2.83. The summed E-state index contributed by atoms with van der Waals surface area (Å²) in [5.74, 6) is 0. The average Bonchev–Trinajstić information content (AvgIpc) is 2.33. The number of hydrogen-bond acceptors (Lipinski definition) is 1. The van der Waals surface area contributed by atoms with Crippen molar-refractivity contribution in [3.63, 3.8) is 0 Å². The zero-order chi connectivity index (χ0) is 13.6. The Balaban J connectivity index is 2.90. The van der Waals surface area contributed by atoms with E-state index in [2.05, 4.69) is 5.32 Å². The summed E-state index contributed by atoms with van der Waals surface area (Å²) in [5, 5.41) is 3.30. The topological polar surface area (TPSA) is 12.0 Å². The first-order valence-corrected chi connectivity index (χ1v) is 6.39. The van der Waals surface area contributed by atoms with Crippen molar-refractivity contribution >= 4 is 0 Å². The van der Waals surface area contributed by atoms with Gasteiger partial charge in [0.2, 0.25) is 0 Å². The molecule has 102 valence electrons. The first-order chi connectivity index (χ1) is 8.49. The van der Waals surface area contributed by atoms with Gasteiger partial charge in [0.25, 0.3) is 0 Å². The van der Waals surface area contributed by atoms with Gasteiger partial charge < -0.3 is 5.32 Å². The van der Waals surface area contributed by atoms with Crippen LogP contribution in [0.2, 0.25) is 0 Å². The number of hydrogen-bond donors (Lipinski definition) is 1. The molecule has 0 aliphatic rings. The molecule has 0 saturated heterocycles. The molecule has 0 radical (unpaired) electrons. The van der Waals surface area contributed by atoms with E-state index >= 15 is 0 Å². The molecule has 0 fully saturated rings. The maximum absolute atomic E-state index is 12.6. The Bertz CT molecular complexity index is 360. The minimum atomic E-state index is -4.27. The van der Waals surface area contributed by atoms with E-state index in [9.17, 15) is 13.2 Å². The van der Waals surface area contributed by atoms with Crippen LogP contribution in [0.3, 0.4) is 0 Å². The van der Waals surface area contributed by atoms with Gasteiger partial charge in [0.1, 0.15) is 0 Å². The maximum Gasteiger partial charge on any atom is 0.416 e. The SMILES string of the molecule is CCCNC(CCC)c1cccc(C(F)(F)F)c1. The van der Waals surface area contributed by atoms with Crippen molar-refractivity contribution in [3.8, 4) is 0 Å². The quantitative estimate of drug-likeness (QED) is 0.790. The van der Waals surface area contributed by atoms with E-state index in [-0.39, 0.29) is 6.04 Å². The highest BCUT2D eigenvalue weighted by Gasteiger charge is 2.30. The van der Waals surface area contributed by atoms with Crippen LogP contribution >= 0.6 is 0 Å². The Morgan fingerprint density at radius 2 is 1.89 bits per heavy atom. The summed E-state index contributed by atoms with van der Waals surface area (Å²) in [6.45, 7) is 4.90. The Morgan fingerprint density at radius 1 is 1.17 bits per heavy atom. The lowest BCUT2D eigenvalue weighted by Gasteiger charge is -2.19. The lowest BCUT2D eigenvalue weighted by atomic mass is 10.00. The lowest BCUT2D eigenvalue weighted by molar-refractivity contribution is -0.137. The molecule has 1 N–H and O–H groups in total. The summed E-state index contributed by atoms with van der Waals surface area (Å²) < 4.78 is 37.9. The Kier molecular flexibility index (Phi) is 5.66. The molecule has 1 aromatic carbocycles. The van der Waals surface area contributed by atoms with Gasteiger partial charge in [-0.1, -0.05) is 32.4 Å². The smallest absolute Gasteiger partial charge is 0.310 e. The fourth-order valence-electron chi connectivity index (χ4n) is 1.93. The highest BCUT2D eigenvalue weighted by Crippen LogP contribution is 2.31. The molecule has 1 nitrogen and oxygen atoms in total. The van der Waals surface area contributed by atoms with E-state index in [1.165, 1.54) is 12.1 Å². The van der Waals surface area contributed by atoms with Gasteiger partial charge in [0.15, 0.2) is 0 Å². The maximum atomic E-state index is 12.6. The van der Waals surface area contributed by atoms with Crippen molar-refractivity contribution in [1.29, 1.82) is 0 Å². The molecule has 0 amide bonds. The normalized spacial score (nSPS) is 13.6. The Hall–Kier alpha value is -1.03. The monoisotopic (exact) mass is 259 g/mol. The molecule has 18 heavy (non-hydrogen) atoms. The molecule has 0 aromatic heterocycles. The molecule has 0 heterocycles. The first kappa shape index (κ1) is 15.0. The third-order valence-corrected chi connectivity index (χ3v) is 2.83. The van der Waals surface area contributed by atoms with E-state index in [1.54, 1.807) is 6.07 Å². The van der Waals surface area contributed by atoms with Crippen LogP contribution in [0.15, 0.2) is 24.3 Å². The zero-order valence-electron chi connectivity index (χ0n) is 10.8. The molecule has 1 aromatic rings. The number of rotatable bonds is 6. The fourth-order valence-corrected chi connectivity index (χ4v) is 1.93. The van der Waals surface area contributed by atoms with Gasteiger partial charge in [-0.3, -0.25) is 0 Å². The van der Waals surface area contributed by atoms with Crippen LogP contribution in [-0.2, 0) is 6.18 Å². The number of alkyl halides is 3. The van der Waals surface area contributed by atoms with Crippen molar-refractivity contribution in [3.05, 3.63) is 35.4 Å². The van der Waals surface area contributed by atoms with Crippen LogP contribution in [0, 0.1) is 0 Å². The van der Waals surface area contributed by atoms with Crippen LogP contribution in [-0.4, -0.2) is 6.54 Å². The summed E-state index contributed by atoms with van der Waals surface area (Å²) >= 11 is 0. The molecule has 0 aliphatic heterocycles. The second kappa shape index (κ2) is 6.78. The van der Waals surface area contributed by atoms with E-state index in [0.29, 0.717) is 0 Å². The first-order valence-electron chi connectivity index (χ1n) is 6.39. The molecule has 0 spiro atoms. The van der Waals surface area contributed by atoms with E-state index in [1.807, 2.05) is 13.8 Å². The molecule has 1 atom stereocenters. The van der Waals surface area contributed by atoms with Crippen molar-refractivity contribution in [2.75, 3.05) is 6.54 Å². The Morgan fingerprint density at radius 3 is 2.44 bits per heavy atom. The van der Waals surface area contributed by atoms with Crippen LogP contribution < -0.4 is 5.32 Å². The minimum Gasteiger partial charge on any atom is -0.310 e. The van der Waals surface area contributed by atoms with Gasteiger partial charge in [-0.25, -0.2) is 0 Å². The number of benzene rings is 1. The molecule has 1 unspecified atom stereocenters. The van der Waals surface area contributed by atoms with Gasteiger partial charge >= 0.3 is 6.18 Å². The van der Waals surface area contributed by atoms with Gasteiger partial charge in [0, 0.05) is 6.04 Å². The number of halogens is 3. The third kappa shape index (κ3) is 4.33. The second-order valence-electron chi connectivity index (χ2n) is 4.42. The predicted molar refractivity (Wildman–Crippen MR) is 67.4 cm³/mol. The lowest BCUT2D eigenvalue weighted by Crippen LogP contribution is -2.22. The van der Waals surface area contributed by atoms with E-state index in [0.717, 1.165) is 37.4 Å². The number of nitrogens with one attached hydrogen (secondary N) is 1. The van der Waals surface area contributed by atoms with Crippen LogP contribution in [0.5, 0.6) is 0 Å². The fraction of sp³-hybridized carbons (Fsp3) is 0.571. The molecular weight excluding hydrogens is 239 g/mol. The molecule has 0 bridgehead atoms. The van der Waals surface area contributed by atoms with Crippen molar-refractivity contribution in [2.45, 2.75) is 45.3 Å². The molecular formula is C14H20F3N.